The first-order chi connectivity index (χ1) is 9.27. The second kappa shape index (κ2) is 7.05. The molecular formula is C12H13BrF3NO3. The van der Waals surface area contributed by atoms with E-state index in [1.807, 2.05) is 0 Å². The largest absolute Gasteiger partial charge is 0.416 e. The fourth-order valence-electron chi connectivity index (χ4n) is 1.50. The average molecular weight is 356 g/mol. The van der Waals surface area contributed by atoms with Crippen LogP contribution in [-0.2, 0) is 27.0 Å². The summed E-state index contributed by atoms with van der Waals surface area (Å²) in [6, 6.07) is 3.43. The van der Waals surface area contributed by atoms with Gasteiger partial charge in [-0.1, -0.05) is 15.9 Å². The van der Waals surface area contributed by atoms with Crippen LogP contribution in [0.25, 0.3) is 0 Å². The van der Waals surface area contributed by atoms with Crippen LogP contribution in [0.15, 0.2) is 22.7 Å². The summed E-state index contributed by atoms with van der Waals surface area (Å²) >= 11 is 3.01. The molecule has 0 aliphatic rings. The molecule has 4 nitrogen and oxygen atoms in total. The summed E-state index contributed by atoms with van der Waals surface area (Å²) in [7, 11) is 2.57. The van der Waals surface area contributed by atoms with Gasteiger partial charge in [0.05, 0.1) is 5.56 Å². The lowest BCUT2D eigenvalue weighted by molar-refractivity contribution is -0.159. The molecule has 0 aromatic heterocycles. The van der Waals surface area contributed by atoms with Gasteiger partial charge in [-0.25, -0.2) is 0 Å². The average Bonchev–Trinajstić information content (AvgIpc) is 2.36. The maximum absolute atomic E-state index is 12.6. The summed E-state index contributed by atoms with van der Waals surface area (Å²) in [6.07, 6.45) is -5.53. The topological polar surface area (TPSA) is 47.6 Å². The zero-order valence-corrected chi connectivity index (χ0v) is 12.3. The van der Waals surface area contributed by atoms with Gasteiger partial charge in [0.25, 0.3) is 5.91 Å². The SMILES string of the molecule is COC(OC)C(=O)NCc1cc(Br)cc(C(F)(F)F)c1. The van der Waals surface area contributed by atoms with Crippen LogP contribution in [0.5, 0.6) is 0 Å². The van der Waals surface area contributed by atoms with Gasteiger partial charge in [0.15, 0.2) is 0 Å². The summed E-state index contributed by atoms with van der Waals surface area (Å²) in [5.41, 5.74) is -0.475. The number of halogens is 4. The Labute approximate surface area is 122 Å². The van der Waals surface area contributed by atoms with Crippen molar-refractivity contribution < 1.29 is 27.4 Å². The van der Waals surface area contributed by atoms with Gasteiger partial charge in [0, 0.05) is 25.2 Å². The fraction of sp³-hybridized carbons (Fsp3) is 0.417. The minimum Gasteiger partial charge on any atom is -0.348 e. The summed E-state index contributed by atoms with van der Waals surface area (Å²) in [5, 5.41) is 2.43. The third-order valence-electron chi connectivity index (χ3n) is 2.39. The maximum Gasteiger partial charge on any atom is 0.416 e. The number of amides is 1. The summed E-state index contributed by atoms with van der Waals surface area (Å²) in [6.45, 7) is -0.0649. The summed E-state index contributed by atoms with van der Waals surface area (Å²) < 4.78 is 47.6. The first-order valence-electron chi connectivity index (χ1n) is 5.48. The zero-order chi connectivity index (χ0) is 15.3. The molecule has 0 spiro atoms. The standard InChI is InChI=1S/C12H13BrF3NO3/c1-19-11(20-2)10(18)17-6-7-3-8(12(14,15)16)5-9(13)4-7/h3-5,11H,6H2,1-2H3,(H,17,18). The maximum atomic E-state index is 12.6. The van der Waals surface area contributed by atoms with Crippen LogP contribution in [0.2, 0.25) is 0 Å². The number of ether oxygens (including phenoxy) is 2. The molecule has 1 amide bonds. The molecule has 1 rings (SSSR count). The molecule has 8 heteroatoms. The monoisotopic (exact) mass is 355 g/mol. The number of hydrogen-bond donors (Lipinski definition) is 1. The van der Waals surface area contributed by atoms with E-state index < -0.39 is 23.9 Å². The molecule has 0 aliphatic heterocycles. The van der Waals surface area contributed by atoms with Gasteiger partial charge in [-0.15, -0.1) is 0 Å². The highest BCUT2D eigenvalue weighted by Crippen LogP contribution is 2.31. The van der Waals surface area contributed by atoms with E-state index >= 15 is 0 Å². The zero-order valence-electron chi connectivity index (χ0n) is 10.8. The number of methoxy groups -OCH3 is 2. The molecule has 1 N–H and O–H groups in total. The van der Waals surface area contributed by atoms with Crippen molar-refractivity contribution in [1.82, 2.24) is 5.32 Å². The number of carbonyl (C=O) groups is 1. The van der Waals surface area contributed by atoms with Crippen LogP contribution >= 0.6 is 15.9 Å². The highest BCUT2D eigenvalue weighted by molar-refractivity contribution is 9.10. The highest BCUT2D eigenvalue weighted by Gasteiger charge is 2.31. The van der Waals surface area contributed by atoms with Crippen LogP contribution in [0.1, 0.15) is 11.1 Å². The van der Waals surface area contributed by atoms with Crippen LogP contribution in [0.3, 0.4) is 0 Å². The van der Waals surface area contributed by atoms with E-state index in [0.29, 0.717) is 5.56 Å². The number of rotatable bonds is 5. The number of alkyl halides is 3. The number of benzene rings is 1. The van der Waals surface area contributed by atoms with Gasteiger partial charge in [-0.05, 0) is 23.8 Å². The van der Waals surface area contributed by atoms with Gasteiger partial charge in [-0.2, -0.15) is 13.2 Å². The Hall–Kier alpha value is -1.12. The molecule has 112 valence electrons. The molecule has 1 aromatic rings. The van der Waals surface area contributed by atoms with E-state index in [0.717, 1.165) is 12.1 Å². The van der Waals surface area contributed by atoms with Crippen LogP contribution in [0.4, 0.5) is 13.2 Å². The molecule has 0 aliphatic carbocycles. The smallest absolute Gasteiger partial charge is 0.348 e. The third kappa shape index (κ3) is 4.77. The normalized spacial score (nSPS) is 11.8. The fourth-order valence-corrected chi connectivity index (χ4v) is 2.04. The molecule has 1 aromatic carbocycles. The summed E-state index contributed by atoms with van der Waals surface area (Å²) in [4.78, 5) is 11.6. The molecule has 0 atom stereocenters. The van der Waals surface area contributed by atoms with Crippen molar-refractivity contribution in [1.29, 1.82) is 0 Å². The Balaban J connectivity index is 2.79. The van der Waals surface area contributed by atoms with E-state index in [9.17, 15) is 18.0 Å². The molecule has 0 fully saturated rings. The second-order valence-electron chi connectivity index (χ2n) is 3.87. The lowest BCUT2D eigenvalue weighted by atomic mass is 10.1. The van der Waals surface area contributed by atoms with Crippen molar-refractivity contribution in [3.63, 3.8) is 0 Å². The molecule has 0 saturated carbocycles. The van der Waals surface area contributed by atoms with Crippen molar-refractivity contribution in [2.75, 3.05) is 14.2 Å². The number of nitrogens with one attached hydrogen (secondary N) is 1. The van der Waals surface area contributed by atoms with Crippen molar-refractivity contribution in [2.24, 2.45) is 0 Å². The van der Waals surface area contributed by atoms with E-state index in [1.165, 1.54) is 20.3 Å². The Kier molecular flexibility index (Phi) is 5.97. The summed E-state index contributed by atoms with van der Waals surface area (Å²) in [5.74, 6) is -0.566. The Bertz CT molecular complexity index is 476. The van der Waals surface area contributed by atoms with Gasteiger partial charge in [0.1, 0.15) is 0 Å². The van der Waals surface area contributed by atoms with E-state index in [1.54, 1.807) is 0 Å². The minimum atomic E-state index is -4.44. The van der Waals surface area contributed by atoms with Gasteiger partial charge < -0.3 is 14.8 Å². The minimum absolute atomic E-state index is 0.0649. The molecule has 20 heavy (non-hydrogen) atoms. The van der Waals surface area contributed by atoms with Crippen LogP contribution in [-0.4, -0.2) is 26.4 Å². The third-order valence-corrected chi connectivity index (χ3v) is 2.85. The molecule has 0 radical (unpaired) electrons. The lowest BCUT2D eigenvalue weighted by Crippen LogP contribution is -2.36. The Morgan fingerprint density at radius 1 is 1.30 bits per heavy atom. The van der Waals surface area contributed by atoms with Crippen LogP contribution < -0.4 is 5.32 Å². The predicted octanol–water partition coefficient (Wildman–Crippen LogP) is 2.70. The van der Waals surface area contributed by atoms with E-state index in [-0.39, 0.29) is 11.0 Å². The van der Waals surface area contributed by atoms with Gasteiger partial charge in [-0.3, -0.25) is 4.79 Å². The lowest BCUT2D eigenvalue weighted by Gasteiger charge is -2.14. The molecule has 0 heterocycles. The Morgan fingerprint density at radius 2 is 1.90 bits per heavy atom. The molecular weight excluding hydrogens is 343 g/mol. The number of carbonyl (C=O) groups excluding carboxylic acids is 1. The van der Waals surface area contributed by atoms with Crippen molar-refractivity contribution in [2.45, 2.75) is 19.0 Å². The second-order valence-corrected chi connectivity index (χ2v) is 4.78. The quantitative estimate of drug-likeness (QED) is 0.826. The molecule has 0 bridgehead atoms. The first kappa shape index (κ1) is 16.9. The van der Waals surface area contributed by atoms with Crippen molar-refractivity contribution in [3.05, 3.63) is 33.8 Å². The van der Waals surface area contributed by atoms with Crippen LogP contribution in [0, 0.1) is 0 Å². The van der Waals surface area contributed by atoms with Crippen molar-refractivity contribution in [3.8, 4) is 0 Å². The first-order valence-corrected chi connectivity index (χ1v) is 6.27. The predicted molar refractivity (Wildman–Crippen MR) is 68.8 cm³/mol. The highest BCUT2D eigenvalue weighted by atomic mass is 79.9. The van der Waals surface area contributed by atoms with Gasteiger partial charge in [0.2, 0.25) is 6.29 Å². The van der Waals surface area contributed by atoms with E-state index in [2.05, 4.69) is 21.2 Å². The van der Waals surface area contributed by atoms with Crippen molar-refractivity contribution >= 4 is 21.8 Å². The Morgan fingerprint density at radius 3 is 2.40 bits per heavy atom. The number of hydrogen-bond acceptors (Lipinski definition) is 3. The van der Waals surface area contributed by atoms with E-state index in [4.69, 9.17) is 9.47 Å². The molecule has 0 saturated heterocycles. The molecule has 0 unspecified atom stereocenters. The van der Waals surface area contributed by atoms with Gasteiger partial charge >= 0.3 is 6.18 Å².